The van der Waals surface area contributed by atoms with Crippen molar-refractivity contribution in [3.8, 4) is 10.4 Å². The Hall–Kier alpha value is -2.38. The van der Waals surface area contributed by atoms with Gasteiger partial charge in [-0.05, 0) is 30.9 Å². The first-order chi connectivity index (χ1) is 14.4. The van der Waals surface area contributed by atoms with Gasteiger partial charge in [-0.2, -0.15) is 0 Å². The van der Waals surface area contributed by atoms with E-state index in [0.717, 1.165) is 39.4 Å². The highest BCUT2D eigenvalue weighted by Crippen LogP contribution is 2.36. The Morgan fingerprint density at radius 3 is 2.67 bits per heavy atom. The van der Waals surface area contributed by atoms with Crippen LogP contribution in [0.4, 0.5) is 0 Å². The maximum absolute atomic E-state index is 13.3. The van der Waals surface area contributed by atoms with E-state index in [4.69, 9.17) is 4.98 Å². The number of benzene rings is 1. The molecule has 3 aromatic rings. The molecule has 2 aromatic heterocycles. The summed E-state index contributed by atoms with van der Waals surface area (Å²) in [5.74, 6) is 0.955. The normalized spacial score (nSPS) is 11.0. The molecule has 0 saturated carbocycles. The summed E-state index contributed by atoms with van der Waals surface area (Å²) in [5, 5.41) is 1.41. The smallest absolute Gasteiger partial charge is 0.263 e. The lowest BCUT2D eigenvalue weighted by Gasteiger charge is -2.11. The standard InChI is InChI=1S/C23H27N3O2S2/c1-5-14-26-22(28)19-16(2)20(17-11-7-6-8-12-17)30-21(19)24-23(26)29-15-10-9-13-18(27)25(3)4/h5-8,11-12H,1,9-10,13-15H2,2-4H3. The first-order valence-electron chi connectivity index (χ1n) is 9.97. The molecule has 30 heavy (non-hydrogen) atoms. The van der Waals surface area contributed by atoms with Crippen LogP contribution in [0.5, 0.6) is 0 Å². The van der Waals surface area contributed by atoms with E-state index in [1.165, 1.54) is 0 Å². The van der Waals surface area contributed by atoms with Gasteiger partial charge in [-0.25, -0.2) is 4.98 Å². The molecule has 3 rings (SSSR count). The Balaban J connectivity index is 1.87. The van der Waals surface area contributed by atoms with Crippen molar-refractivity contribution in [2.45, 2.75) is 37.9 Å². The number of allylic oxidation sites excluding steroid dienone is 1. The van der Waals surface area contributed by atoms with Crippen LogP contribution in [0.1, 0.15) is 24.8 Å². The Labute approximate surface area is 185 Å². The van der Waals surface area contributed by atoms with Gasteiger partial charge in [-0.3, -0.25) is 14.2 Å². The SMILES string of the molecule is C=CCn1c(SCCCCC(=O)N(C)C)nc2sc(-c3ccccc3)c(C)c2c1=O. The fourth-order valence-corrected chi connectivity index (χ4v) is 5.46. The van der Waals surface area contributed by atoms with Crippen molar-refractivity contribution in [2.75, 3.05) is 19.8 Å². The molecule has 0 aliphatic rings. The zero-order valence-electron chi connectivity index (χ0n) is 17.7. The Bertz CT molecular complexity index is 1100. The number of fused-ring (bicyclic) bond motifs is 1. The Morgan fingerprint density at radius 2 is 2.00 bits per heavy atom. The van der Waals surface area contributed by atoms with E-state index in [0.29, 0.717) is 23.5 Å². The quantitative estimate of drug-likeness (QED) is 0.204. The highest BCUT2D eigenvalue weighted by atomic mass is 32.2. The van der Waals surface area contributed by atoms with Gasteiger partial charge < -0.3 is 4.90 Å². The molecule has 0 aliphatic heterocycles. The van der Waals surface area contributed by atoms with Gasteiger partial charge in [-0.15, -0.1) is 17.9 Å². The van der Waals surface area contributed by atoms with Crippen LogP contribution in [0.3, 0.4) is 0 Å². The lowest BCUT2D eigenvalue weighted by atomic mass is 10.1. The van der Waals surface area contributed by atoms with E-state index < -0.39 is 0 Å². The van der Waals surface area contributed by atoms with Crippen LogP contribution in [0.25, 0.3) is 20.7 Å². The highest BCUT2D eigenvalue weighted by molar-refractivity contribution is 7.99. The molecular formula is C23H27N3O2S2. The first kappa shape index (κ1) is 22.3. The third kappa shape index (κ3) is 4.84. The van der Waals surface area contributed by atoms with Crippen molar-refractivity contribution >= 4 is 39.2 Å². The fourth-order valence-electron chi connectivity index (χ4n) is 3.23. The molecule has 0 N–H and O–H groups in total. The number of aromatic nitrogens is 2. The minimum atomic E-state index is -0.0129. The number of aryl methyl sites for hydroxylation is 1. The highest BCUT2D eigenvalue weighted by Gasteiger charge is 2.18. The number of carbonyl (C=O) groups is 1. The number of unbranched alkanes of at least 4 members (excludes halogenated alkanes) is 1. The van der Waals surface area contributed by atoms with Crippen LogP contribution in [0, 0.1) is 6.92 Å². The van der Waals surface area contributed by atoms with Gasteiger partial charge in [-0.1, -0.05) is 48.2 Å². The van der Waals surface area contributed by atoms with Crippen molar-refractivity contribution in [2.24, 2.45) is 0 Å². The number of rotatable bonds is 9. The lowest BCUT2D eigenvalue weighted by Crippen LogP contribution is -2.22. The van der Waals surface area contributed by atoms with Gasteiger partial charge in [0.15, 0.2) is 5.16 Å². The minimum absolute atomic E-state index is 0.0129. The molecule has 0 spiro atoms. The summed E-state index contributed by atoms with van der Waals surface area (Å²) in [5.41, 5.74) is 2.07. The molecule has 5 nitrogen and oxygen atoms in total. The molecule has 0 saturated heterocycles. The predicted molar refractivity (Wildman–Crippen MR) is 128 cm³/mol. The molecule has 158 valence electrons. The number of thioether (sulfide) groups is 1. The van der Waals surface area contributed by atoms with E-state index in [9.17, 15) is 9.59 Å². The maximum Gasteiger partial charge on any atom is 0.263 e. The van der Waals surface area contributed by atoms with E-state index in [2.05, 4.69) is 18.7 Å². The molecule has 0 atom stereocenters. The van der Waals surface area contributed by atoms with Crippen LogP contribution in [0.2, 0.25) is 0 Å². The van der Waals surface area contributed by atoms with Gasteiger partial charge in [0.1, 0.15) is 4.83 Å². The number of carbonyl (C=O) groups excluding carboxylic acids is 1. The zero-order valence-corrected chi connectivity index (χ0v) is 19.3. The second-order valence-electron chi connectivity index (χ2n) is 7.29. The summed E-state index contributed by atoms with van der Waals surface area (Å²) in [7, 11) is 3.55. The largest absolute Gasteiger partial charge is 0.349 e. The molecule has 0 fully saturated rings. The Morgan fingerprint density at radius 1 is 1.27 bits per heavy atom. The first-order valence-corrected chi connectivity index (χ1v) is 11.8. The van der Waals surface area contributed by atoms with E-state index in [1.807, 2.05) is 25.1 Å². The molecular weight excluding hydrogens is 414 g/mol. The number of amides is 1. The topological polar surface area (TPSA) is 55.2 Å². The van der Waals surface area contributed by atoms with Crippen molar-refractivity contribution < 1.29 is 4.79 Å². The summed E-state index contributed by atoms with van der Waals surface area (Å²) < 4.78 is 1.71. The molecule has 0 unspecified atom stereocenters. The van der Waals surface area contributed by atoms with Gasteiger partial charge in [0.2, 0.25) is 5.91 Å². The third-order valence-electron chi connectivity index (χ3n) is 4.88. The zero-order chi connectivity index (χ0) is 21.7. The predicted octanol–water partition coefficient (Wildman–Crippen LogP) is 4.97. The summed E-state index contributed by atoms with van der Waals surface area (Å²) >= 11 is 3.14. The summed E-state index contributed by atoms with van der Waals surface area (Å²) in [4.78, 5) is 33.3. The van der Waals surface area contributed by atoms with Crippen LogP contribution in [-0.2, 0) is 11.3 Å². The Kier molecular flexibility index (Phi) is 7.50. The summed E-state index contributed by atoms with van der Waals surface area (Å²) in [6, 6.07) is 10.1. The maximum atomic E-state index is 13.3. The molecule has 1 aromatic carbocycles. The van der Waals surface area contributed by atoms with Crippen molar-refractivity contribution in [1.82, 2.24) is 14.5 Å². The molecule has 2 heterocycles. The van der Waals surface area contributed by atoms with Crippen molar-refractivity contribution in [3.05, 3.63) is 58.9 Å². The average molecular weight is 442 g/mol. The molecule has 7 heteroatoms. The van der Waals surface area contributed by atoms with Gasteiger partial charge >= 0.3 is 0 Å². The van der Waals surface area contributed by atoms with Crippen LogP contribution >= 0.6 is 23.1 Å². The van der Waals surface area contributed by atoms with Gasteiger partial charge in [0, 0.05) is 37.7 Å². The van der Waals surface area contributed by atoms with Crippen LogP contribution < -0.4 is 5.56 Å². The average Bonchev–Trinajstić information content (AvgIpc) is 3.07. The molecule has 0 bridgehead atoms. The third-order valence-corrected chi connectivity index (χ3v) is 7.18. The van der Waals surface area contributed by atoms with Crippen molar-refractivity contribution in [1.29, 1.82) is 0 Å². The number of hydrogen-bond acceptors (Lipinski definition) is 5. The minimum Gasteiger partial charge on any atom is -0.349 e. The second-order valence-corrected chi connectivity index (χ2v) is 9.36. The van der Waals surface area contributed by atoms with Gasteiger partial charge in [0.25, 0.3) is 5.56 Å². The molecule has 0 radical (unpaired) electrons. The second kappa shape index (κ2) is 10.1. The molecule has 0 aliphatic carbocycles. The monoisotopic (exact) mass is 441 g/mol. The number of hydrogen-bond donors (Lipinski definition) is 0. The number of nitrogens with zero attached hydrogens (tertiary/aromatic N) is 3. The van der Waals surface area contributed by atoms with E-state index >= 15 is 0 Å². The van der Waals surface area contributed by atoms with Crippen molar-refractivity contribution in [3.63, 3.8) is 0 Å². The van der Waals surface area contributed by atoms with Crippen LogP contribution in [-0.4, -0.2) is 40.2 Å². The van der Waals surface area contributed by atoms with Crippen LogP contribution in [0.15, 0.2) is 52.9 Å². The summed E-state index contributed by atoms with van der Waals surface area (Å²) in [6.45, 7) is 6.23. The van der Waals surface area contributed by atoms with E-state index in [-0.39, 0.29) is 11.5 Å². The van der Waals surface area contributed by atoms with E-state index in [1.54, 1.807) is 52.7 Å². The number of thiophene rings is 1. The summed E-state index contributed by atoms with van der Waals surface area (Å²) in [6.07, 6.45) is 4.00. The fraction of sp³-hybridized carbons (Fsp3) is 0.348. The van der Waals surface area contributed by atoms with Gasteiger partial charge in [0.05, 0.1) is 5.39 Å². The lowest BCUT2D eigenvalue weighted by molar-refractivity contribution is -0.128. The molecule has 1 amide bonds.